The van der Waals surface area contributed by atoms with Crippen LogP contribution in [0.15, 0.2) is 54.6 Å². The predicted octanol–water partition coefficient (Wildman–Crippen LogP) is 4.36. The zero-order chi connectivity index (χ0) is 21.3. The number of carbonyl (C=O) groups excluding carboxylic acids is 1. The average molecular weight is 406 g/mol. The van der Waals surface area contributed by atoms with E-state index in [2.05, 4.69) is 20.8 Å². The Morgan fingerprint density at radius 3 is 2.43 bits per heavy atom. The van der Waals surface area contributed by atoms with E-state index in [0.29, 0.717) is 19.0 Å². The number of ether oxygens (including phenoxy) is 2. The van der Waals surface area contributed by atoms with Crippen LogP contribution in [-0.2, 0) is 0 Å². The van der Waals surface area contributed by atoms with Gasteiger partial charge in [-0.1, -0.05) is 17.7 Å². The zero-order valence-electron chi connectivity index (χ0n) is 17.4. The highest BCUT2D eigenvalue weighted by Gasteiger charge is 2.05. The first kappa shape index (κ1) is 21.1. The Morgan fingerprint density at radius 2 is 1.77 bits per heavy atom. The fourth-order valence-electron chi connectivity index (χ4n) is 2.88. The molecule has 0 fully saturated rings. The molecule has 1 heterocycles. The van der Waals surface area contributed by atoms with Gasteiger partial charge in [0.05, 0.1) is 18.8 Å². The van der Waals surface area contributed by atoms with Crippen molar-refractivity contribution in [1.29, 1.82) is 0 Å². The molecule has 0 saturated heterocycles. The Balaban J connectivity index is 1.43. The summed E-state index contributed by atoms with van der Waals surface area (Å²) in [6, 6.07) is 16.9. The normalized spacial score (nSPS) is 10.4. The van der Waals surface area contributed by atoms with Crippen molar-refractivity contribution in [3.63, 3.8) is 0 Å². The molecule has 2 N–H and O–H groups in total. The van der Waals surface area contributed by atoms with Crippen LogP contribution in [0, 0.1) is 13.8 Å². The number of nitrogens with one attached hydrogen (secondary N) is 2. The first-order valence-corrected chi connectivity index (χ1v) is 9.87. The second-order valence-corrected chi connectivity index (χ2v) is 6.76. The lowest BCUT2D eigenvalue weighted by Gasteiger charge is -2.11. The van der Waals surface area contributed by atoms with Crippen LogP contribution < -0.4 is 20.1 Å². The largest absolute Gasteiger partial charge is 0.494 e. The van der Waals surface area contributed by atoms with Gasteiger partial charge in [0.25, 0.3) is 0 Å². The van der Waals surface area contributed by atoms with Crippen LogP contribution in [0.2, 0.25) is 0 Å². The second kappa shape index (κ2) is 10.2. The zero-order valence-corrected chi connectivity index (χ0v) is 17.4. The van der Waals surface area contributed by atoms with Gasteiger partial charge < -0.3 is 20.1 Å². The first-order chi connectivity index (χ1) is 14.5. The standard InChI is InChI=1S/C23H26N4O3/c1-4-29-19-8-6-18(7-9-19)21-11-12-22(27-26-21)30-14-13-24-23(28)25-20-10-5-16(2)15-17(20)3/h5-12,15H,4,13-14H2,1-3H3,(H2,24,25,28). The van der Waals surface area contributed by atoms with Crippen molar-refractivity contribution in [3.8, 4) is 22.9 Å². The van der Waals surface area contributed by atoms with Crippen LogP contribution in [-0.4, -0.2) is 36.0 Å². The molecule has 7 heteroatoms. The highest BCUT2D eigenvalue weighted by Crippen LogP contribution is 2.21. The van der Waals surface area contributed by atoms with Crippen LogP contribution in [0.4, 0.5) is 10.5 Å². The number of nitrogens with zero attached hydrogens (tertiary/aromatic N) is 2. The molecule has 3 rings (SSSR count). The molecule has 0 radical (unpaired) electrons. The fourth-order valence-corrected chi connectivity index (χ4v) is 2.88. The Morgan fingerprint density at radius 1 is 0.967 bits per heavy atom. The third kappa shape index (κ3) is 5.94. The molecule has 2 amide bonds. The molecule has 7 nitrogen and oxygen atoms in total. The second-order valence-electron chi connectivity index (χ2n) is 6.76. The Labute approximate surface area is 176 Å². The molecule has 30 heavy (non-hydrogen) atoms. The van der Waals surface area contributed by atoms with Gasteiger partial charge in [0.1, 0.15) is 12.4 Å². The topological polar surface area (TPSA) is 85.4 Å². The lowest BCUT2D eigenvalue weighted by molar-refractivity contribution is 0.246. The summed E-state index contributed by atoms with van der Waals surface area (Å²) in [6.45, 7) is 7.19. The molecule has 0 aliphatic heterocycles. The lowest BCUT2D eigenvalue weighted by Crippen LogP contribution is -2.32. The van der Waals surface area contributed by atoms with Crippen LogP contribution in [0.25, 0.3) is 11.3 Å². The number of aryl methyl sites for hydroxylation is 2. The number of urea groups is 1. The molecule has 0 spiro atoms. The summed E-state index contributed by atoms with van der Waals surface area (Å²) >= 11 is 0. The average Bonchev–Trinajstić information content (AvgIpc) is 2.75. The van der Waals surface area contributed by atoms with E-state index in [4.69, 9.17) is 9.47 Å². The highest BCUT2D eigenvalue weighted by atomic mass is 16.5. The number of hydrogen-bond donors (Lipinski definition) is 2. The van der Waals surface area contributed by atoms with E-state index in [-0.39, 0.29) is 12.6 Å². The van der Waals surface area contributed by atoms with Crippen LogP contribution in [0.3, 0.4) is 0 Å². The molecule has 0 saturated carbocycles. The maximum atomic E-state index is 12.0. The van der Waals surface area contributed by atoms with E-state index in [9.17, 15) is 4.79 Å². The summed E-state index contributed by atoms with van der Waals surface area (Å²) < 4.78 is 11.0. The van der Waals surface area contributed by atoms with Crippen molar-refractivity contribution >= 4 is 11.7 Å². The van der Waals surface area contributed by atoms with Gasteiger partial charge in [-0.2, -0.15) is 0 Å². The number of anilines is 1. The number of amides is 2. The van der Waals surface area contributed by atoms with Crippen molar-refractivity contribution in [2.45, 2.75) is 20.8 Å². The molecular formula is C23H26N4O3. The van der Waals surface area contributed by atoms with Crippen LogP contribution >= 0.6 is 0 Å². The molecule has 1 aromatic heterocycles. The van der Waals surface area contributed by atoms with Crippen LogP contribution in [0.5, 0.6) is 11.6 Å². The molecule has 0 bridgehead atoms. The summed E-state index contributed by atoms with van der Waals surface area (Å²) in [5, 5.41) is 13.9. The van der Waals surface area contributed by atoms with Crippen molar-refractivity contribution in [1.82, 2.24) is 15.5 Å². The summed E-state index contributed by atoms with van der Waals surface area (Å²) in [4.78, 5) is 12.0. The number of rotatable bonds is 8. The molecule has 3 aromatic rings. The van der Waals surface area contributed by atoms with E-state index in [1.807, 2.05) is 69.3 Å². The molecule has 0 atom stereocenters. The summed E-state index contributed by atoms with van der Waals surface area (Å²) in [6.07, 6.45) is 0. The molecule has 156 valence electrons. The number of benzene rings is 2. The predicted molar refractivity (Wildman–Crippen MR) is 117 cm³/mol. The fraction of sp³-hybridized carbons (Fsp3) is 0.261. The van der Waals surface area contributed by atoms with E-state index < -0.39 is 0 Å². The number of aromatic nitrogens is 2. The SMILES string of the molecule is CCOc1ccc(-c2ccc(OCCNC(=O)Nc3ccc(C)cc3C)nn2)cc1. The molecule has 2 aromatic carbocycles. The third-order valence-corrected chi connectivity index (χ3v) is 4.37. The lowest BCUT2D eigenvalue weighted by atomic mass is 10.1. The first-order valence-electron chi connectivity index (χ1n) is 9.87. The van der Waals surface area contributed by atoms with Gasteiger partial charge in [0, 0.05) is 17.3 Å². The smallest absolute Gasteiger partial charge is 0.319 e. The monoisotopic (exact) mass is 406 g/mol. The van der Waals surface area contributed by atoms with Gasteiger partial charge in [-0.25, -0.2) is 4.79 Å². The summed E-state index contributed by atoms with van der Waals surface area (Å²) in [5.41, 5.74) is 4.65. The van der Waals surface area contributed by atoms with Gasteiger partial charge in [-0.3, -0.25) is 0 Å². The van der Waals surface area contributed by atoms with E-state index in [1.165, 1.54) is 0 Å². The maximum absolute atomic E-state index is 12.0. The Bertz CT molecular complexity index is 973. The van der Waals surface area contributed by atoms with Gasteiger partial charge in [-0.05, 0) is 62.7 Å². The summed E-state index contributed by atoms with van der Waals surface area (Å²) in [7, 11) is 0. The van der Waals surface area contributed by atoms with E-state index in [0.717, 1.165) is 33.8 Å². The van der Waals surface area contributed by atoms with Crippen molar-refractivity contribution in [3.05, 3.63) is 65.7 Å². The number of carbonyl (C=O) groups is 1. The van der Waals surface area contributed by atoms with Gasteiger partial charge in [0.2, 0.25) is 5.88 Å². The highest BCUT2D eigenvalue weighted by molar-refractivity contribution is 5.90. The Kier molecular flexibility index (Phi) is 7.21. The molecule has 0 unspecified atom stereocenters. The van der Waals surface area contributed by atoms with Crippen LogP contribution in [0.1, 0.15) is 18.1 Å². The maximum Gasteiger partial charge on any atom is 0.319 e. The summed E-state index contributed by atoms with van der Waals surface area (Å²) in [5.74, 6) is 1.23. The minimum absolute atomic E-state index is 0.275. The van der Waals surface area contributed by atoms with Crippen molar-refractivity contribution in [2.75, 3.05) is 25.1 Å². The number of hydrogen-bond acceptors (Lipinski definition) is 5. The minimum atomic E-state index is -0.275. The quantitative estimate of drug-likeness (QED) is 0.543. The third-order valence-electron chi connectivity index (χ3n) is 4.37. The van der Waals surface area contributed by atoms with Crippen molar-refractivity contribution in [2.24, 2.45) is 0 Å². The van der Waals surface area contributed by atoms with E-state index >= 15 is 0 Å². The van der Waals surface area contributed by atoms with E-state index in [1.54, 1.807) is 6.07 Å². The van der Waals surface area contributed by atoms with Crippen molar-refractivity contribution < 1.29 is 14.3 Å². The minimum Gasteiger partial charge on any atom is -0.494 e. The Hall–Kier alpha value is -3.61. The van der Waals surface area contributed by atoms with Gasteiger partial charge >= 0.3 is 6.03 Å². The molecule has 0 aliphatic carbocycles. The molecule has 0 aliphatic rings. The van der Waals surface area contributed by atoms with Gasteiger partial charge in [-0.15, -0.1) is 10.2 Å². The van der Waals surface area contributed by atoms with Gasteiger partial charge in [0.15, 0.2) is 0 Å². The molecular weight excluding hydrogens is 380 g/mol.